The molecule has 5 nitrogen and oxygen atoms in total. The molecular formula is C31H34N2O3. The van der Waals surface area contributed by atoms with Crippen molar-refractivity contribution in [3.05, 3.63) is 82.9 Å². The molecule has 5 heteroatoms. The SMILES string of the molecule is Cc1cccc(C)c1C1CCN(Cc2c(-c3ccccc3)n(CCO)c3cc4c(cc23)OCO4)CC1. The summed E-state index contributed by atoms with van der Waals surface area (Å²) in [6, 6.07) is 21.4. The topological polar surface area (TPSA) is 46.9 Å². The van der Waals surface area contributed by atoms with Crippen LogP contribution >= 0.6 is 0 Å². The normalized spacial score (nSPS) is 16.2. The number of fused-ring (bicyclic) bond motifs is 2. The molecule has 0 atom stereocenters. The molecule has 0 saturated carbocycles. The molecule has 0 unspecified atom stereocenters. The van der Waals surface area contributed by atoms with Crippen LogP contribution in [-0.2, 0) is 13.1 Å². The summed E-state index contributed by atoms with van der Waals surface area (Å²) in [5, 5.41) is 11.2. The Morgan fingerprint density at radius 2 is 1.58 bits per heavy atom. The zero-order valence-electron chi connectivity index (χ0n) is 21.2. The fourth-order valence-electron chi connectivity index (χ4n) is 6.30. The Morgan fingerprint density at radius 1 is 0.889 bits per heavy atom. The van der Waals surface area contributed by atoms with Crippen LogP contribution in [0, 0.1) is 13.8 Å². The third-order valence-electron chi connectivity index (χ3n) is 7.95. The number of piperidine rings is 1. The third kappa shape index (κ3) is 4.06. The van der Waals surface area contributed by atoms with Gasteiger partial charge in [-0.25, -0.2) is 0 Å². The van der Waals surface area contributed by atoms with Crippen LogP contribution in [0.15, 0.2) is 60.7 Å². The molecule has 3 aromatic carbocycles. The van der Waals surface area contributed by atoms with Gasteiger partial charge in [-0.3, -0.25) is 4.90 Å². The van der Waals surface area contributed by atoms with Gasteiger partial charge in [0.05, 0.1) is 17.8 Å². The highest BCUT2D eigenvalue weighted by Crippen LogP contribution is 2.43. The van der Waals surface area contributed by atoms with Crippen LogP contribution in [0.5, 0.6) is 11.5 Å². The van der Waals surface area contributed by atoms with E-state index in [2.05, 4.69) is 84.0 Å². The van der Waals surface area contributed by atoms with E-state index in [1.807, 2.05) is 0 Å². The van der Waals surface area contributed by atoms with Crippen molar-refractivity contribution in [3.8, 4) is 22.8 Å². The Balaban J connectivity index is 1.37. The largest absolute Gasteiger partial charge is 0.454 e. The van der Waals surface area contributed by atoms with E-state index >= 15 is 0 Å². The molecule has 0 bridgehead atoms. The minimum atomic E-state index is 0.0820. The molecule has 0 amide bonds. The van der Waals surface area contributed by atoms with Crippen molar-refractivity contribution < 1.29 is 14.6 Å². The third-order valence-corrected chi connectivity index (χ3v) is 7.95. The quantitative estimate of drug-likeness (QED) is 0.365. The van der Waals surface area contributed by atoms with Gasteiger partial charge in [0.25, 0.3) is 0 Å². The first kappa shape index (κ1) is 23.1. The highest BCUT2D eigenvalue weighted by atomic mass is 16.7. The number of hydrogen-bond acceptors (Lipinski definition) is 4. The first-order valence-corrected chi connectivity index (χ1v) is 13.0. The summed E-state index contributed by atoms with van der Waals surface area (Å²) in [7, 11) is 0. The minimum absolute atomic E-state index is 0.0820. The number of rotatable bonds is 6. The molecule has 3 heterocycles. The van der Waals surface area contributed by atoms with Crippen LogP contribution in [0.2, 0.25) is 0 Å². The zero-order chi connectivity index (χ0) is 24.6. The summed E-state index contributed by atoms with van der Waals surface area (Å²) < 4.78 is 13.7. The van der Waals surface area contributed by atoms with Crippen molar-refractivity contribution in [2.24, 2.45) is 0 Å². The fraction of sp³-hybridized carbons (Fsp3) is 0.355. The monoisotopic (exact) mass is 482 g/mol. The molecule has 2 aliphatic rings. The average Bonchev–Trinajstić information content (AvgIpc) is 3.47. The Labute approximate surface area is 212 Å². The van der Waals surface area contributed by atoms with Gasteiger partial charge >= 0.3 is 0 Å². The summed E-state index contributed by atoms with van der Waals surface area (Å²) >= 11 is 0. The molecule has 0 radical (unpaired) electrons. The Hall–Kier alpha value is -3.28. The standard InChI is InChI=1S/C31H34N2O3/c1-21-7-6-8-22(2)30(21)23-11-13-32(14-12-23)19-26-25-17-28-29(36-20-35-28)18-27(25)33(15-16-34)31(26)24-9-4-3-5-10-24/h3-10,17-18,23,34H,11-16,19-20H2,1-2H3. The maximum atomic E-state index is 9.97. The number of hydrogen-bond donors (Lipinski definition) is 1. The van der Waals surface area contributed by atoms with Gasteiger partial charge in [0.15, 0.2) is 11.5 Å². The van der Waals surface area contributed by atoms with Gasteiger partial charge in [-0.05, 0) is 79.6 Å². The minimum Gasteiger partial charge on any atom is -0.454 e. The van der Waals surface area contributed by atoms with Gasteiger partial charge in [-0.15, -0.1) is 0 Å². The lowest BCUT2D eigenvalue weighted by molar-refractivity contribution is 0.174. The number of nitrogens with zero attached hydrogens (tertiary/aromatic N) is 2. The van der Waals surface area contributed by atoms with Gasteiger partial charge in [0.2, 0.25) is 6.79 Å². The Morgan fingerprint density at radius 3 is 2.28 bits per heavy atom. The molecule has 1 saturated heterocycles. The molecule has 0 aliphatic carbocycles. The van der Waals surface area contributed by atoms with E-state index in [9.17, 15) is 5.11 Å². The molecule has 1 fully saturated rings. The van der Waals surface area contributed by atoms with Crippen LogP contribution in [0.1, 0.15) is 41.0 Å². The lowest BCUT2D eigenvalue weighted by Gasteiger charge is -2.33. The van der Waals surface area contributed by atoms with Crippen LogP contribution in [-0.4, -0.2) is 41.1 Å². The Kier molecular flexibility index (Phi) is 6.20. The van der Waals surface area contributed by atoms with Gasteiger partial charge < -0.3 is 19.1 Å². The van der Waals surface area contributed by atoms with E-state index in [1.165, 1.54) is 46.2 Å². The predicted octanol–water partition coefficient (Wildman–Crippen LogP) is 6.03. The second-order valence-corrected chi connectivity index (χ2v) is 10.1. The van der Waals surface area contributed by atoms with Crippen LogP contribution in [0.4, 0.5) is 0 Å². The maximum Gasteiger partial charge on any atom is 0.231 e. The van der Waals surface area contributed by atoms with Crippen molar-refractivity contribution in [1.82, 2.24) is 9.47 Å². The highest BCUT2D eigenvalue weighted by Gasteiger charge is 2.27. The molecule has 2 aliphatic heterocycles. The number of aliphatic hydroxyl groups excluding tert-OH is 1. The smallest absolute Gasteiger partial charge is 0.231 e. The summed E-state index contributed by atoms with van der Waals surface area (Å²) in [5.41, 5.74) is 9.13. The van der Waals surface area contributed by atoms with Gasteiger partial charge in [-0.1, -0.05) is 48.5 Å². The van der Waals surface area contributed by atoms with Crippen molar-refractivity contribution in [3.63, 3.8) is 0 Å². The average molecular weight is 483 g/mol. The maximum absolute atomic E-state index is 9.97. The number of aryl methyl sites for hydroxylation is 2. The molecule has 6 rings (SSSR count). The first-order valence-electron chi connectivity index (χ1n) is 13.0. The van der Waals surface area contributed by atoms with E-state index in [4.69, 9.17) is 9.47 Å². The molecule has 1 N–H and O–H groups in total. The summed E-state index contributed by atoms with van der Waals surface area (Å²) in [4.78, 5) is 2.60. The van der Waals surface area contributed by atoms with Crippen LogP contribution < -0.4 is 9.47 Å². The van der Waals surface area contributed by atoms with Crippen molar-refractivity contribution in [2.45, 2.75) is 45.7 Å². The van der Waals surface area contributed by atoms with Crippen molar-refractivity contribution in [1.29, 1.82) is 0 Å². The first-order chi connectivity index (χ1) is 17.6. The molecule has 0 spiro atoms. The molecule has 1 aromatic heterocycles. The van der Waals surface area contributed by atoms with Gasteiger partial charge in [0.1, 0.15) is 0 Å². The van der Waals surface area contributed by atoms with Gasteiger partial charge in [0, 0.05) is 24.5 Å². The summed E-state index contributed by atoms with van der Waals surface area (Å²) in [6.07, 6.45) is 2.35. The highest BCUT2D eigenvalue weighted by molar-refractivity contribution is 5.94. The lowest BCUT2D eigenvalue weighted by Crippen LogP contribution is -2.33. The van der Waals surface area contributed by atoms with Crippen molar-refractivity contribution >= 4 is 10.9 Å². The number of ether oxygens (including phenoxy) is 2. The number of benzene rings is 3. The van der Waals surface area contributed by atoms with E-state index in [0.717, 1.165) is 36.6 Å². The van der Waals surface area contributed by atoms with E-state index in [1.54, 1.807) is 5.56 Å². The lowest BCUT2D eigenvalue weighted by atomic mass is 9.84. The molecule has 4 aromatic rings. The van der Waals surface area contributed by atoms with E-state index in [0.29, 0.717) is 12.5 Å². The molecular weight excluding hydrogens is 448 g/mol. The molecule has 36 heavy (non-hydrogen) atoms. The number of aliphatic hydroxyl groups is 1. The zero-order valence-corrected chi connectivity index (χ0v) is 21.2. The van der Waals surface area contributed by atoms with E-state index < -0.39 is 0 Å². The van der Waals surface area contributed by atoms with Crippen molar-refractivity contribution in [2.75, 3.05) is 26.5 Å². The predicted molar refractivity (Wildman–Crippen MR) is 144 cm³/mol. The van der Waals surface area contributed by atoms with E-state index in [-0.39, 0.29) is 13.4 Å². The Bertz CT molecular complexity index is 1360. The van der Waals surface area contributed by atoms with Crippen LogP contribution in [0.25, 0.3) is 22.2 Å². The van der Waals surface area contributed by atoms with Gasteiger partial charge in [-0.2, -0.15) is 0 Å². The number of aromatic nitrogens is 1. The van der Waals surface area contributed by atoms with Crippen LogP contribution in [0.3, 0.4) is 0 Å². The fourth-order valence-corrected chi connectivity index (χ4v) is 6.30. The second-order valence-electron chi connectivity index (χ2n) is 10.1. The summed E-state index contributed by atoms with van der Waals surface area (Å²) in [6.45, 7) is 8.40. The second kappa shape index (κ2) is 9.64. The molecule has 186 valence electrons. The summed E-state index contributed by atoms with van der Waals surface area (Å²) in [5.74, 6) is 2.21. The number of likely N-dealkylation sites (tertiary alicyclic amines) is 1.